The summed E-state index contributed by atoms with van der Waals surface area (Å²) in [5.74, 6) is 0.285. The highest BCUT2D eigenvalue weighted by Gasteiger charge is 2.06. The van der Waals surface area contributed by atoms with Crippen LogP contribution >= 0.6 is 28.3 Å². The van der Waals surface area contributed by atoms with Gasteiger partial charge in [0.2, 0.25) is 0 Å². The lowest BCUT2D eigenvalue weighted by atomic mass is 10.1. The predicted molar refractivity (Wildman–Crippen MR) is 70.7 cm³/mol. The van der Waals surface area contributed by atoms with Crippen molar-refractivity contribution in [2.24, 2.45) is 0 Å². The zero-order valence-corrected chi connectivity index (χ0v) is 12.6. The van der Waals surface area contributed by atoms with E-state index < -0.39 is 16.5 Å². The molecule has 0 saturated carbocycles. The van der Waals surface area contributed by atoms with Crippen LogP contribution in [0, 0.1) is 13.8 Å². The third kappa shape index (κ3) is 5.14. The Hall–Kier alpha value is -0.290. The molecule has 6 nitrogen and oxygen atoms in total. The number of hydrogen-bond acceptors (Lipinski definition) is 6. The first-order valence-electron chi connectivity index (χ1n) is 4.90. The van der Waals surface area contributed by atoms with Gasteiger partial charge in [0.1, 0.15) is 11.7 Å². The lowest BCUT2D eigenvalue weighted by Crippen LogP contribution is -1.85. The van der Waals surface area contributed by atoms with Gasteiger partial charge < -0.3 is 10.00 Å². The summed E-state index contributed by atoms with van der Waals surface area (Å²) in [5.41, 5.74) is 1.48. The summed E-state index contributed by atoms with van der Waals surface area (Å²) in [4.78, 5) is 9.22. The van der Waals surface area contributed by atoms with Crippen LogP contribution in [-0.2, 0) is 18.0 Å². The normalized spacial score (nSPS) is 14.4. The molecule has 0 aliphatic rings. The second kappa shape index (κ2) is 7.34. The smallest absolute Gasteiger partial charge is 0.326 e. The second-order valence-electron chi connectivity index (χ2n) is 3.43. The Balaban J connectivity index is 2.49. The zero-order chi connectivity index (χ0) is 13.7. The minimum absolute atomic E-state index is 0.0383. The van der Waals surface area contributed by atoms with Crippen LogP contribution in [0.15, 0.2) is 17.0 Å². The molecule has 0 spiro atoms. The predicted octanol–water partition coefficient (Wildman–Crippen LogP) is 2.86. The third-order valence-electron chi connectivity index (χ3n) is 2.04. The lowest BCUT2D eigenvalue weighted by Gasteiger charge is -2.07. The summed E-state index contributed by atoms with van der Waals surface area (Å²) in [6, 6.07) is 3.53. The molecule has 0 aromatic heterocycles. The molecule has 2 N–H and O–H groups in total. The molecule has 0 radical (unpaired) electrons. The first-order chi connectivity index (χ1) is 8.40. The first-order valence-corrected chi connectivity index (χ1v) is 8.38. The van der Waals surface area contributed by atoms with E-state index in [1.54, 1.807) is 26.0 Å². The number of benzene rings is 1. The van der Waals surface area contributed by atoms with E-state index in [2.05, 4.69) is 4.31 Å². The molecule has 0 saturated heterocycles. The Kier molecular flexibility index (Phi) is 6.43. The van der Waals surface area contributed by atoms with Crippen molar-refractivity contribution >= 4 is 28.3 Å². The summed E-state index contributed by atoms with van der Waals surface area (Å²) >= 11 is 1.25. The molecule has 0 fully saturated rings. The summed E-state index contributed by atoms with van der Waals surface area (Å²) in [7, 11) is -6.16. The van der Waals surface area contributed by atoms with Crippen LogP contribution in [0.4, 0.5) is 0 Å². The van der Waals surface area contributed by atoms with E-state index in [-0.39, 0.29) is 11.7 Å². The highest BCUT2D eigenvalue weighted by atomic mass is 32.2. The van der Waals surface area contributed by atoms with Gasteiger partial charge >= 0.3 is 16.5 Å². The first kappa shape index (κ1) is 15.8. The van der Waals surface area contributed by atoms with E-state index >= 15 is 0 Å². The van der Waals surface area contributed by atoms with Gasteiger partial charge in [0.25, 0.3) is 0 Å². The highest BCUT2D eigenvalue weighted by Crippen LogP contribution is 2.38. The Bertz CT molecular complexity index is 455. The molecule has 1 aromatic carbocycles. The quantitative estimate of drug-likeness (QED) is 0.474. The Morgan fingerprint density at radius 2 is 1.83 bits per heavy atom. The summed E-state index contributed by atoms with van der Waals surface area (Å²) in [6.45, 7) is 3.55. The van der Waals surface area contributed by atoms with Crippen LogP contribution in [-0.4, -0.2) is 15.9 Å². The van der Waals surface area contributed by atoms with Crippen LogP contribution < -0.4 is 0 Å². The lowest BCUT2D eigenvalue weighted by molar-refractivity contribution is 0.322. The molecule has 2 atom stereocenters. The van der Waals surface area contributed by atoms with Crippen LogP contribution in [0.2, 0.25) is 0 Å². The van der Waals surface area contributed by atoms with E-state index in [1.165, 1.54) is 11.8 Å². The fourth-order valence-corrected chi connectivity index (χ4v) is 3.33. The number of aryl methyl sites for hydroxylation is 2. The maximum absolute atomic E-state index is 11.0. The zero-order valence-electron chi connectivity index (χ0n) is 9.80. The molecule has 18 heavy (non-hydrogen) atoms. The second-order valence-corrected chi connectivity index (χ2v) is 6.56. The molecule has 2 unspecified atom stereocenters. The summed E-state index contributed by atoms with van der Waals surface area (Å²) in [5, 5.41) is 9.58. The molecule has 0 bridgehead atoms. The average Bonchev–Trinajstić information content (AvgIpc) is 2.24. The van der Waals surface area contributed by atoms with Crippen molar-refractivity contribution in [3.8, 4) is 5.75 Å². The highest BCUT2D eigenvalue weighted by molar-refractivity contribution is 7.99. The topological polar surface area (TPSA) is 93.1 Å². The van der Waals surface area contributed by atoms with Crippen molar-refractivity contribution in [3.05, 3.63) is 23.3 Å². The minimum Gasteiger partial charge on any atom is -0.507 e. The number of phenolic OH excluding ortho intramolecular Hbond substituents is 1. The maximum atomic E-state index is 11.0. The molecular formula is C9H14O6P2S. The molecule has 0 heterocycles. The third-order valence-corrected chi connectivity index (χ3v) is 4.80. The molecule has 0 amide bonds. The Morgan fingerprint density at radius 1 is 1.28 bits per heavy atom. The molecule has 102 valence electrons. The molecule has 1 rings (SSSR count). The van der Waals surface area contributed by atoms with E-state index in [9.17, 15) is 14.2 Å². The van der Waals surface area contributed by atoms with Crippen molar-refractivity contribution in [1.29, 1.82) is 0 Å². The maximum Gasteiger partial charge on any atom is 0.326 e. The van der Waals surface area contributed by atoms with Gasteiger partial charge in [-0.15, -0.1) is 0 Å². The largest absolute Gasteiger partial charge is 0.507 e. The van der Waals surface area contributed by atoms with Crippen LogP contribution in [0.25, 0.3) is 0 Å². The Labute approximate surface area is 110 Å². The van der Waals surface area contributed by atoms with Gasteiger partial charge in [0.05, 0.1) is 0 Å². The van der Waals surface area contributed by atoms with Crippen LogP contribution in [0.1, 0.15) is 11.1 Å². The van der Waals surface area contributed by atoms with Crippen molar-refractivity contribution in [1.82, 2.24) is 0 Å². The number of rotatable bonds is 6. The average molecular weight is 312 g/mol. The number of hydrogen-bond donors (Lipinski definition) is 2. The summed E-state index contributed by atoms with van der Waals surface area (Å²) in [6.07, 6.45) is 0. The molecule has 0 aliphatic heterocycles. The van der Waals surface area contributed by atoms with Gasteiger partial charge in [-0.2, -0.15) is 0 Å². The van der Waals surface area contributed by atoms with Gasteiger partial charge in [-0.1, -0.05) is 11.8 Å². The van der Waals surface area contributed by atoms with Crippen LogP contribution in [0.3, 0.4) is 0 Å². The molecule has 9 heteroatoms. The van der Waals surface area contributed by atoms with Crippen molar-refractivity contribution < 1.29 is 28.0 Å². The van der Waals surface area contributed by atoms with Gasteiger partial charge in [-0.25, -0.2) is 4.31 Å². The number of phenols is 1. The molecule has 0 aliphatic carbocycles. The van der Waals surface area contributed by atoms with Crippen molar-refractivity contribution in [3.63, 3.8) is 0 Å². The number of thioether (sulfide) groups is 1. The van der Waals surface area contributed by atoms with Gasteiger partial charge in [-0.05, 0) is 37.1 Å². The molecule has 1 aromatic rings. The van der Waals surface area contributed by atoms with E-state index in [0.717, 1.165) is 16.0 Å². The fourth-order valence-electron chi connectivity index (χ4n) is 1.25. The van der Waals surface area contributed by atoms with Crippen molar-refractivity contribution in [2.45, 2.75) is 18.7 Å². The Morgan fingerprint density at radius 3 is 2.33 bits per heavy atom. The van der Waals surface area contributed by atoms with E-state index in [0.29, 0.717) is 0 Å². The van der Waals surface area contributed by atoms with Gasteiger partial charge in [0.15, 0.2) is 0 Å². The minimum atomic E-state index is -3.23. The summed E-state index contributed by atoms with van der Waals surface area (Å²) < 4.78 is 30.1. The fraction of sp³-hybridized carbons (Fsp3) is 0.333. The van der Waals surface area contributed by atoms with E-state index in [4.69, 9.17) is 9.42 Å². The number of aromatic hydroxyl groups is 1. The monoisotopic (exact) mass is 312 g/mol. The van der Waals surface area contributed by atoms with E-state index in [1.807, 2.05) is 0 Å². The SMILES string of the molecule is Cc1cc(SCO[PH](=O)O[PH](=O)O)cc(C)c1O. The molecular weight excluding hydrogens is 298 g/mol. The van der Waals surface area contributed by atoms with Gasteiger partial charge in [0, 0.05) is 4.90 Å². The van der Waals surface area contributed by atoms with Crippen molar-refractivity contribution in [2.75, 3.05) is 5.94 Å². The van der Waals surface area contributed by atoms with Crippen LogP contribution in [0.5, 0.6) is 5.75 Å². The standard InChI is InChI=1S/C9H14O6P2S/c1-6-3-8(4-7(2)9(6)10)18-5-14-17(13)15-16(11)12/h3-4,10,16-17H,5H2,1-2H3,(H,11,12). The van der Waals surface area contributed by atoms with Gasteiger partial charge in [-0.3, -0.25) is 13.7 Å².